The summed E-state index contributed by atoms with van der Waals surface area (Å²) in [6.07, 6.45) is 2.59. The van der Waals surface area contributed by atoms with E-state index in [2.05, 4.69) is 11.8 Å². The molecule has 106 valence electrons. The van der Waals surface area contributed by atoms with Crippen LogP contribution >= 0.6 is 0 Å². The Morgan fingerprint density at radius 1 is 1.21 bits per heavy atom. The minimum absolute atomic E-state index is 0.159. The molecule has 0 aromatic heterocycles. The third kappa shape index (κ3) is 3.12. The highest BCUT2D eigenvalue weighted by Gasteiger charge is 2.36. The summed E-state index contributed by atoms with van der Waals surface area (Å²) in [5, 5.41) is 10.7. The van der Waals surface area contributed by atoms with Crippen LogP contribution in [0.5, 0.6) is 0 Å². The van der Waals surface area contributed by atoms with Crippen LogP contribution < -0.4 is 0 Å². The maximum absolute atomic E-state index is 13.8. The fraction of sp³-hybridized carbons (Fsp3) is 0.600. The van der Waals surface area contributed by atoms with Crippen molar-refractivity contribution in [1.82, 2.24) is 4.90 Å². The lowest BCUT2D eigenvalue weighted by Crippen LogP contribution is -2.31. The predicted octanol–water partition coefficient (Wildman–Crippen LogP) is 3.05. The van der Waals surface area contributed by atoms with Crippen LogP contribution in [0, 0.1) is 11.6 Å². The summed E-state index contributed by atoms with van der Waals surface area (Å²) in [4.78, 5) is 2.25. The third-order valence-electron chi connectivity index (χ3n) is 3.87. The molecule has 0 spiro atoms. The molecule has 0 radical (unpaired) electrons. The van der Waals surface area contributed by atoms with Crippen molar-refractivity contribution in [3.63, 3.8) is 0 Å². The van der Waals surface area contributed by atoms with Gasteiger partial charge in [-0.1, -0.05) is 13.0 Å². The first-order valence-corrected chi connectivity index (χ1v) is 6.96. The van der Waals surface area contributed by atoms with Gasteiger partial charge in [0.05, 0.1) is 11.2 Å². The van der Waals surface area contributed by atoms with Crippen molar-refractivity contribution in [3.8, 4) is 0 Å². The molecule has 0 aliphatic carbocycles. The van der Waals surface area contributed by atoms with Crippen LogP contribution in [-0.2, 0) is 5.60 Å². The lowest BCUT2D eigenvalue weighted by Gasteiger charge is -2.28. The molecule has 1 atom stereocenters. The van der Waals surface area contributed by atoms with E-state index in [1.54, 1.807) is 0 Å². The first-order valence-electron chi connectivity index (χ1n) is 6.96. The van der Waals surface area contributed by atoms with Crippen molar-refractivity contribution in [2.24, 2.45) is 0 Å². The zero-order valence-corrected chi connectivity index (χ0v) is 11.3. The Morgan fingerprint density at radius 3 is 2.53 bits per heavy atom. The second kappa shape index (κ2) is 5.97. The maximum atomic E-state index is 13.8. The molecule has 1 unspecified atom stereocenters. The van der Waals surface area contributed by atoms with E-state index in [1.165, 1.54) is 18.2 Å². The second-order valence-electron chi connectivity index (χ2n) is 5.32. The summed E-state index contributed by atoms with van der Waals surface area (Å²) in [6, 6.07) is 3.76. The number of nitrogens with zero attached hydrogens (tertiary/aromatic N) is 1. The van der Waals surface area contributed by atoms with Crippen LogP contribution in [0.2, 0.25) is 0 Å². The number of rotatable bonds is 3. The van der Waals surface area contributed by atoms with Crippen LogP contribution in [0.25, 0.3) is 0 Å². The molecule has 1 aromatic rings. The van der Waals surface area contributed by atoms with Crippen molar-refractivity contribution in [1.29, 1.82) is 0 Å². The zero-order chi connectivity index (χ0) is 13.9. The standard InChI is InChI=1S/C15H21F2NO/c1-2-9-18-10-4-7-15(19,8-11-18)14-12(16)5-3-6-13(14)17/h3,5-6,19H,2,4,7-11H2,1H3. The predicted molar refractivity (Wildman–Crippen MR) is 70.8 cm³/mol. The zero-order valence-electron chi connectivity index (χ0n) is 11.3. The normalized spacial score (nSPS) is 25.3. The van der Waals surface area contributed by atoms with Gasteiger partial charge in [0.2, 0.25) is 0 Å². The van der Waals surface area contributed by atoms with Gasteiger partial charge in [0.25, 0.3) is 0 Å². The van der Waals surface area contributed by atoms with Gasteiger partial charge in [-0.3, -0.25) is 0 Å². The highest BCUT2D eigenvalue weighted by atomic mass is 19.1. The number of likely N-dealkylation sites (tertiary alicyclic amines) is 1. The molecule has 2 nitrogen and oxygen atoms in total. The van der Waals surface area contributed by atoms with Gasteiger partial charge in [0.15, 0.2) is 0 Å². The van der Waals surface area contributed by atoms with Gasteiger partial charge in [0, 0.05) is 6.54 Å². The molecule has 0 amide bonds. The van der Waals surface area contributed by atoms with E-state index in [4.69, 9.17) is 0 Å². The molecule has 1 saturated heterocycles. The molecule has 1 heterocycles. The van der Waals surface area contributed by atoms with Crippen molar-refractivity contribution in [2.45, 2.75) is 38.2 Å². The Bertz CT molecular complexity index is 418. The van der Waals surface area contributed by atoms with Crippen LogP contribution in [0.4, 0.5) is 8.78 Å². The highest BCUT2D eigenvalue weighted by molar-refractivity contribution is 5.26. The van der Waals surface area contributed by atoms with Gasteiger partial charge in [-0.2, -0.15) is 0 Å². The van der Waals surface area contributed by atoms with Crippen LogP contribution in [0.1, 0.15) is 38.2 Å². The van der Waals surface area contributed by atoms with E-state index in [1.807, 2.05) is 0 Å². The van der Waals surface area contributed by atoms with Crippen molar-refractivity contribution < 1.29 is 13.9 Å². The molecule has 1 N–H and O–H groups in total. The van der Waals surface area contributed by atoms with Crippen LogP contribution in [0.15, 0.2) is 18.2 Å². The highest BCUT2D eigenvalue weighted by Crippen LogP contribution is 2.35. The summed E-state index contributed by atoms with van der Waals surface area (Å²) in [5.74, 6) is -1.29. The molecule has 1 aliphatic rings. The number of hydrogen-bond acceptors (Lipinski definition) is 2. The Hall–Kier alpha value is -1.00. The number of halogens is 2. The summed E-state index contributed by atoms with van der Waals surface area (Å²) < 4.78 is 27.7. The van der Waals surface area contributed by atoms with E-state index >= 15 is 0 Å². The van der Waals surface area contributed by atoms with E-state index < -0.39 is 17.2 Å². The molecule has 2 rings (SSSR count). The fourth-order valence-electron chi connectivity index (χ4n) is 2.91. The van der Waals surface area contributed by atoms with E-state index in [9.17, 15) is 13.9 Å². The third-order valence-corrected chi connectivity index (χ3v) is 3.87. The molecule has 4 heteroatoms. The van der Waals surface area contributed by atoms with E-state index in [0.717, 1.165) is 25.9 Å². The summed E-state index contributed by atoms with van der Waals surface area (Å²) in [5.41, 5.74) is -1.54. The largest absolute Gasteiger partial charge is 0.385 e. The first-order chi connectivity index (χ1) is 9.07. The number of benzene rings is 1. The molecular formula is C15H21F2NO. The van der Waals surface area contributed by atoms with E-state index in [0.29, 0.717) is 19.4 Å². The minimum Gasteiger partial charge on any atom is -0.385 e. The van der Waals surface area contributed by atoms with Gasteiger partial charge in [-0.05, 0) is 50.9 Å². The lowest BCUT2D eigenvalue weighted by atomic mass is 9.86. The minimum atomic E-state index is -1.38. The van der Waals surface area contributed by atoms with Gasteiger partial charge < -0.3 is 10.0 Å². The molecule has 1 aromatic carbocycles. The smallest absolute Gasteiger partial charge is 0.132 e. The first kappa shape index (κ1) is 14.4. The summed E-state index contributed by atoms with van der Waals surface area (Å²) in [6.45, 7) is 4.63. The Balaban J connectivity index is 2.23. The molecule has 0 bridgehead atoms. The Labute approximate surface area is 113 Å². The Kier molecular flexibility index (Phi) is 4.53. The van der Waals surface area contributed by atoms with Crippen molar-refractivity contribution in [2.75, 3.05) is 19.6 Å². The van der Waals surface area contributed by atoms with Gasteiger partial charge in [-0.15, -0.1) is 0 Å². The number of aliphatic hydroxyl groups is 1. The molecule has 1 fully saturated rings. The van der Waals surface area contributed by atoms with Gasteiger partial charge >= 0.3 is 0 Å². The summed E-state index contributed by atoms with van der Waals surface area (Å²) in [7, 11) is 0. The van der Waals surface area contributed by atoms with Crippen molar-refractivity contribution in [3.05, 3.63) is 35.4 Å². The molecular weight excluding hydrogens is 248 g/mol. The van der Waals surface area contributed by atoms with Crippen LogP contribution in [0.3, 0.4) is 0 Å². The average Bonchev–Trinajstić information content (AvgIpc) is 2.53. The summed E-state index contributed by atoms with van der Waals surface area (Å²) >= 11 is 0. The van der Waals surface area contributed by atoms with Gasteiger partial charge in [-0.25, -0.2) is 8.78 Å². The molecule has 0 saturated carbocycles. The quantitative estimate of drug-likeness (QED) is 0.911. The SMILES string of the molecule is CCCN1CCCC(O)(c2c(F)cccc2F)CC1. The number of hydrogen-bond donors (Lipinski definition) is 1. The topological polar surface area (TPSA) is 23.5 Å². The fourth-order valence-corrected chi connectivity index (χ4v) is 2.91. The average molecular weight is 269 g/mol. The van der Waals surface area contributed by atoms with E-state index in [-0.39, 0.29) is 5.56 Å². The lowest BCUT2D eigenvalue weighted by molar-refractivity contribution is 0.0142. The molecule has 19 heavy (non-hydrogen) atoms. The monoisotopic (exact) mass is 269 g/mol. The van der Waals surface area contributed by atoms with Crippen LogP contribution in [-0.4, -0.2) is 29.6 Å². The maximum Gasteiger partial charge on any atom is 0.132 e. The molecule has 1 aliphatic heterocycles. The second-order valence-corrected chi connectivity index (χ2v) is 5.32. The van der Waals surface area contributed by atoms with Gasteiger partial charge in [0.1, 0.15) is 11.6 Å². The Morgan fingerprint density at radius 2 is 1.89 bits per heavy atom. The van der Waals surface area contributed by atoms with Crippen molar-refractivity contribution >= 4 is 0 Å².